The van der Waals surface area contributed by atoms with Crippen LogP contribution >= 0.6 is 0 Å². The molecule has 0 aromatic carbocycles. The molecule has 3 atom stereocenters. The molecule has 3 unspecified atom stereocenters. The van der Waals surface area contributed by atoms with Crippen LogP contribution in [0.15, 0.2) is 0 Å². The van der Waals surface area contributed by atoms with Crippen LogP contribution in [0.3, 0.4) is 0 Å². The fraction of sp³-hybridized carbons (Fsp3) is 1.00. The summed E-state index contributed by atoms with van der Waals surface area (Å²) in [5.41, 5.74) is 0. The van der Waals surface area contributed by atoms with Crippen LogP contribution in [0.1, 0.15) is 32.6 Å². The fourth-order valence-electron chi connectivity index (χ4n) is 2.68. The van der Waals surface area contributed by atoms with E-state index in [1.165, 1.54) is 0 Å². The molecule has 13 heavy (non-hydrogen) atoms. The first-order valence-corrected chi connectivity index (χ1v) is 6.41. The number of hydrogen-bond acceptors (Lipinski definition) is 2. The molecule has 0 spiro atoms. The normalized spacial score (nSPS) is 35.8. The zero-order valence-corrected chi connectivity index (χ0v) is 10.5. The van der Waals surface area contributed by atoms with Crippen LogP contribution in [0.5, 0.6) is 0 Å². The molecule has 0 amide bonds. The van der Waals surface area contributed by atoms with Gasteiger partial charge in [-0.1, -0.05) is 13.3 Å². The third kappa shape index (κ3) is 3.41. The van der Waals surface area contributed by atoms with Gasteiger partial charge in [-0.25, -0.2) is 0 Å². The number of rotatable bonds is 2. The maximum atomic E-state index is 4.61. The lowest BCUT2D eigenvalue weighted by molar-refractivity contribution is 0.309. The van der Waals surface area contributed by atoms with Crippen LogP contribution in [-0.4, -0.2) is 24.2 Å². The minimum atomic E-state index is -0.568. The lowest BCUT2D eigenvalue weighted by Gasteiger charge is -2.15. The van der Waals surface area contributed by atoms with Gasteiger partial charge in [0.05, 0.1) is 0 Å². The first-order valence-electron chi connectivity index (χ1n) is 5.25. The number of hydrogen-bond donors (Lipinski definition) is 0. The second-order valence-electron chi connectivity index (χ2n) is 4.35. The molecule has 3 heteroatoms. The molecule has 0 aliphatic heterocycles. The molecule has 2 nitrogen and oxygen atoms in total. The summed E-state index contributed by atoms with van der Waals surface area (Å²) in [6, 6.07) is 0. The lowest BCUT2D eigenvalue weighted by Crippen LogP contribution is -2.04. The van der Waals surface area contributed by atoms with Crippen LogP contribution < -0.4 is 0 Å². The van der Waals surface area contributed by atoms with Gasteiger partial charge in [0, 0.05) is 14.2 Å². The van der Waals surface area contributed by atoms with Crippen LogP contribution in [0, 0.1) is 17.8 Å². The Morgan fingerprint density at radius 1 is 1.08 bits per heavy atom. The monoisotopic (exact) mass is 202 g/mol. The average molecular weight is 202 g/mol. The third-order valence-electron chi connectivity index (χ3n) is 3.33. The van der Waals surface area contributed by atoms with Gasteiger partial charge in [0.15, 0.2) is 0 Å². The molecule has 2 saturated carbocycles. The largest absolute Gasteiger partial charge is 0.402 e. The molecule has 0 saturated heterocycles. The summed E-state index contributed by atoms with van der Waals surface area (Å²) in [5.74, 6) is 3.36. The molecule has 0 aromatic rings. The highest BCUT2D eigenvalue weighted by atomic mass is 28.3. The third-order valence-corrected chi connectivity index (χ3v) is 3.80. The predicted molar refractivity (Wildman–Crippen MR) is 57.2 cm³/mol. The van der Waals surface area contributed by atoms with Crippen LogP contribution in [0.25, 0.3) is 0 Å². The average Bonchev–Trinajstić information content (AvgIpc) is 2.67. The van der Waals surface area contributed by atoms with Crippen molar-refractivity contribution in [3.8, 4) is 0 Å². The van der Waals surface area contributed by atoms with Gasteiger partial charge in [-0.3, -0.25) is 0 Å². The first-order chi connectivity index (χ1) is 6.27. The summed E-state index contributed by atoms with van der Waals surface area (Å²) in [7, 11) is 2.73. The van der Waals surface area contributed by atoms with E-state index in [1.54, 1.807) is 39.9 Å². The van der Waals surface area contributed by atoms with Crippen molar-refractivity contribution in [2.24, 2.45) is 17.8 Å². The Kier molecular flexibility index (Phi) is 4.99. The molecule has 2 aliphatic rings. The van der Waals surface area contributed by atoms with Crippen molar-refractivity contribution >= 4 is 10.0 Å². The highest BCUT2D eigenvalue weighted by molar-refractivity contribution is 6.17. The Morgan fingerprint density at radius 2 is 1.77 bits per heavy atom. The highest BCUT2D eigenvalue weighted by Crippen LogP contribution is 2.47. The quantitative estimate of drug-likeness (QED) is 0.635. The molecule has 0 heterocycles. The van der Waals surface area contributed by atoms with E-state index in [9.17, 15) is 0 Å². The van der Waals surface area contributed by atoms with Crippen LogP contribution in [0.4, 0.5) is 0 Å². The van der Waals surface area contributed by atoms with Crippen molar-refractivity contribution in [2.45, 2.75) is 32.6 Å². The molecule has 0 aromatic heterocycles. The summed E-state index contributed by atoms with van der Waals surface area (Å²) in [5, 5.41) is 0. The van der Waals surface area contributed by atoms with Crippen molar-refractivity contribution in [1.29, 1.82) is 0 Å². The van der Waals surface area contributed by atoms with Gasteiger partial charge >= 0.3 is 10.0 Å². The standard InChI is InChI=1S/C8H14.C2H8O2Si/c1-6-4-7-2-3-8(6)5-7;1-3-5-4-2/h6-8H,2-5H2,1H3;5H2,1-2H3. The Morgan fingerprint density at radius 3 is 1.92 bits per heavy atom. The van der Waals surface area contributed by atoms with Gasteiger partial charge in [0.25, 0.3) is 0 Å². The molecule has 2 fully saturated rings. The second kappa shape index (κ2) is 5.78. The zero-order valence-electron chi connectivity index (χ0n) is 9.08. The van der Waals surface area contributed by atoms with Crippen molar-refractivity contribution in [3.63, 3.8) is 0 Å². The molecule has 2 rings (SSSR count). The summed E-state index contributed by atoms with van der Waals surface area (Å²) < 4.78 is 9.22. The number of fused-ring (bicyclic) bond motifs is 2. The minimum Gasteiger partial charge on any atom is -0.402 e. The maximum absolute atomic E-state index is 4.61. The van der Waals surface area contributed by atoms with Gasteiger partial charge in [-0.2, -0.15) is 0 Å². The van der Waals surface area contributed by atoms with E-state index >= 15 is 0 Å². The fourth-order valence-corrected chi connectivity index (χ4v) is 2.92. The van der Waals surface area contributed by atoms with Crippen LogP contribution in [-0.2, 0) is 8.85 Å². The predicted octanol–water partition coefficient (Wildman–Crippen LogP) is 1.72. The van der Waals surface area contributed by atoms with E-state index in [0.29, 0.717) is 0 Å². The topological polar surface area (TPSA) is 18.5 Å². The van der Waals surface area contributed by atoms with Gasteiger partial charge in [0.1, 0.15) is 0 Å². The van der Waals surface area contributed by atoms with E-state index in [4.69, 9.17) is 0 Å². The second-order valence-corrected chi connectivity index (χ2v) is 5.74. The van der Waals surface area contributed by atoms with Gasteiger partial charge in [-0.15, -0.1) is 0 Å². The van der Waals surface area contributed by atoms with Crippen molar-refractivity contribution in [3.05, 3.63) is 0 Å². The summed E-state index contributed by atoms with van der Waals surface area (Å²) in [6.45, 7) is 2.42. The SMILES string of the molecule is CC1CC2CCC1C2.CO[SiH2]OC. The summed E-state index contributed by atoms with van der Waals surface area (Å²) in [6.07, 6.45) is 6.21. The minimum absolute atomic E-state index is 0.568. The Hall–Kier alpha value is 0.137. The first kappa shape index (κ1) is 11.2. The maximum Gasteiger partial charge on any atom is 0.303 e. The van der Waals surface area contributed by atoms with E-state index in [0.717, 1.165) is 17.8 Å². The molecule has 0 radical (unpaired) electrons. The molecule has 2 bridgehead atoms. The van der Waals surface area contributed by atoms with Gasteiger partial charge in [0.2, 0.25) is 0 Å². The summed E-state index contributed by atoms with van der Waals surface area (Å²) >= 11 is 0. The highest BCUT2D eigenvalue weighted by Gasteiger charge is 2.36. The Bertz CT molecular complexity index is 137. The molecular weight excluding hydrogens is 180 g/mol. The van der Waals surface area contributed by atoms with Gasteiger partial charge in [-0.05, 0) is 37.0 Å². The van der Waals surface area contributed by atoms with Crippen molar-refractivity contribution < 1.29 is 8.85 Å². The smallest absolute Gasteiger partial charge is 0.303 e. The van der Waals surface area contributed by atoms with E-state index < -0.39 is 10.0 Å². The van der Waals surface area contributed by atoms with Crippen molar-refractivity contribution in [1.82, 2.24) is 0 Å². The zero-order chi connectivity index (χ0) is 9.68. The Labute approximate surface area is 84.1 Å². The summed E-state index contributed by atoms with van der Waals surface area (Å²) in [4.78, 5) is 0. The van der Waals surface area contributed by atoms with E-state index in [2.05, 4.69) is 15.8 Å². The molecule has 2 aliphatic carbocycles. The van der Waals surface area contributed by atoms with Gasteiger partial charge < -0.3 is 8.85 Å². The van der Waals surface area contributed by atoms with E-state index in [-0.39, 0.29) is 0 Å². The molecule has 78 valence electrons. The van der Waals surface area contributed by atoms with Crippen molar-refractivity contribution in [2.75, 3.05) is 14.2 Å². The van der Waals surface area contributed by atoms with Crippen LogP contribution in [0.2, 0.25) is 0 Å². The van der Waals surface area contributed by atoms with E-state index in [1.807, 2.05) is 0 Å². The molecule has 0 N–H and O–H groups in total. The Balaban J connectivity index is 0.000000149. The lowest BCUT2D eigenvalue weighted by atomic mass is 9.91. The molecular formula is C10H22O2Si.